The van der Waals surface area contributed by atoms with Gasteiger partial charge in [0.05, 0.1) is 5.54 Å². The predicted molar refractivity (Wildman–Crippen MR) is 77.8 cm³/mol. The van der Waals surface area contributed by atoms with Gasteiger partial charge in [-0.2, -0.15) is 0 Å². The third kappa shape index (κ3) is 3.34. The second-order valence-electron chi connectivity index (χ2n) is 5.93. The van der Waals surface area contributed by atoms with Crippen LogP contribution in [0.4, 0.5) is 0 Å². The fourth-order valence-corrected chi connectivity index (χ4v) is 3.66. The van der Waals surface area contributed by atoms with Crippen LogP contribution in [0.1, 0.15) is 72.6 Å². The summed E-state index contributed by atoms with van der Waals surface area (Å²) in [5.41, 5.74) is -0.106. The van der Waals surface area contributed by atoms with E-state index in [0.717, 1.165) is 32.4 Å². The number of nitrogens with zero attached hydrogens (tertiary/aromatic N) is 1. The summed E-state index contributed by atoms with van der Waals surface area (Å²) in [6, 6.07) is 0. The molecule has 0 aromatic carbocycles. The van der Waals surface area contributed by atoms with Gasteiger partial charge >= 0.3 is 0 Å². The molecule has 1 atom stereocenters. The molecule has 0 radical (unpaired) electrons. The number of ketones is 1. The molecular formula is C16H31NO. The molecule has 1 rings (SSSR count). The lowest BCUT2D eigenvalue weighted by Gasteiger charge is -2.39. The zero-order valence-electron chi connectivity index (χ0n) is 12.8. The van der Waals surface area contributed by atoms with E-state index in [1.807, 2.05) is 0 Å². The van der Waals surface area contributed by atoms with Gasteiger partial charge in [-0.25, -0.2) is 0 Å². The van der Waals surface area contributed by atoms with Gasteiger partial charge in [0, 0.05) is 6.42 Å². The largest absolute Gasteiger partial charge is 0.298 e. The number of carbonyl (C=O) groups is 1. The van der Waals surface area contributed by atoms with Crippen molar-refractivity contribution in [1.82, 2.24) is 4.90 Å². The molecule has 0 aliphatic heterocycles. The van der Waals surface area contributed by atoms with E-state index in [9.17, 15) is 4.79 Å². The van der Waals surface area contributed by atoms with E-state index in [1.165, 1.54) is 25.7 Å². The molecule has 1 aliphatic rings. The summed E-state index contributed by atoms with van der Waals surface area (Å²) in [5.74, 6) is 1.07. The van der Waals surface area contributed by atoms with Gasteiger partial charge in [0.25, 0.3) is 0 Å². The van der Waals surface area contributed by atoms with E-state index < -0.39 is 0 Å². The highest BCUT2D eigenvalue weighted by Crippen LogP contribution is 2.37. The van der Waals surface area contributed by atoms with Crippen LogP contribution in [0.3, 0.4) is 0 Å². The maximum Gasteiger partial charge on any atom is 0.153 e. The Hall–Kier alpha value is -0.370. The van der Waals surface area contributed by atoms with Crippen LogP contribution in [0.25, 0.3) is 0 Å². The summed E-state index contributed by atoms with van der Waals surface area (Å²) in [4.78, 5) is 15.2. The van der Waals surface area contributed by atoms with Gasteiger partial charge in [0.1, 0.15) is 0 Å². The first-order chi connectivity index (χ1) is 8.60. The number of rotatable bonds is 8. The van der Waals surface area contributed by atoms with E-state index in [2.05, 4.69) is 32.6 Å². The molecule has 1 fully saturated rings. The van der Waals surface area contributed by atoms with Gasteiger partial charge in [0.2, 0.25) is 0 Å². The van der Waals surface area contributed by atoms with Crippen LogP contribution in [0.2, 0.25) is 0 Å². The number of hydrogen-bond acceptors (Lipinski definition) is 2. The van der Waals surface area contributed by atoms with Crippen LogP contribution in [0.5, 0.6) is 0 Å². The van der Waals surface area contributed by atoms with Crippen molar-refractivity contribution in [3.63, 3.8) is 0 Å². The number of carbonyl (C=O) groups excluding carboxylic acids is 1. The van der Waals surface area contributed by atoms with E-state index >= 15 is 0 Å². The first-order valence-electron chi connectivity index (χ1n) is 7.89. The van der Waals surface area contributed by atoms with Gasteiger partial charge in [0.15, 0.2) is 5.78 Å². The Kier molecular flexibility index (Phi) is 6.34. The summed E-state index contributed by atoms with van der Waals surface area (Å²) in [6.45, 7) is 10.8. The minimum atomic E-state index is -0.106. The van der Waals surface area contributed by atoms with Gasteiger partial charge in [-0.15, -0.1) is 0 Å². The zero-order valence-corrected chi connectivity index (χ0v) is 12.8. The third-order valence-electron chi connectivity index (χ3n) is 4.63. The van der Waals surface area contributed by atoms with Gasteiger partial charge in [-0.1, -0.05) is 53.4 Å². The van der Waals surface area contributed by atoms with Crippen LogP contribution in [-0.2, 0) is 4.79 Å². The van der Waals surface area contributed by atoms with Crippen LogP contribution in [0.15, 0.2) is 0 Å². The Morgan fingerprint density at radius 2 is 1.72 bits per heavy atom. The molecule has 2 heteroatoms. The Labute approximate surface area is 113 Å². The zero-order chi connectivity index (χ0) is 13.6. The van der Waals surface area contributed by atoms with Gasteiger partial charge in [-0.3, -0.25) is 9.69 Å². The maximum atomic E-state index is 12.8. The minimum Gasteiger partial charge on any atom is -0.298 e. The molecule has 0 N–H and O–H groups in total. The van der Waals surface area contributed by atoms with Crippen LogP contribution < -0.4 is 0 Å². The highest BCUT2D eigenvalue weighted by molar-refractivity contribution is 5.89. The molecular weight excluding hydrogens is 222 g/mol. The van der Waals surface area contributed by atoms with Crippen molar-refractivity contribution in [2.45, 2.75) is 78.2 Å². The third-order valence-corrected chi connectivity index (χ3v) is 4.63. The topological polar surface area (TPSA) is 20.3 Å². The fraction of sp³-hybridized carbons (Fsp3) is 0.938. The molecule has 0 aromatic heterocycles. The second kappa shape index (κ2) is 7.28. The minimum absolute atomic E-state index is 0.106. The molecule has 0 amide bonds. The average Bonchev–Trinajstić information content (AvgIpc) is 2.81. The smallest absolute Gasteiger partial charge is 0.153 e. The molecule has 0 aromatic rings. The van der Waals surface area contributed by atoms with Crippen molar-refractivity contribution in [3.05, 3.63) is 0 Å². The quantitative estimate of drug-likeness (QED) is 0.651. The summed E-state index contributed by atoms with van der Waals surface area (Å²) in [5, 5.41) is 0. The molecule has 0 bridgehead atoms. The number of Topliss-reactive ketones (excluding diaryl/α,β-unsaturated/α-hetero) is 1. The number of likely N-dealkylation sites (N-methyl/N-ethyl adjacent to an activating group) is 1. The van der Waals surface area contributed by atoms with Crippen molar-refractivity contribution in [3.8, 4) is 0 Å². The maximum absolute atomic E-state index is 12.8. The molecule has 2 nitrogen and oxygen atoms in total. The molecule has 106 valence electrons. The first kappa shape index (κ1) is 15.7. The first-order valence-corrected chi connectivity index (χ1v) is 7.89. The Balaban J connectivity index is 2.74. The van der Waals surface area contributed by atoms with Crippen LogP contribution >= 0.6 is 0 Å². The fourth-order valence-electron chi connectivity index (χ4n) is 3.66. The standard InChI is InChI=1S/C16H31NO/c1-5-10-14(4)13-15(18)16(11-8-9-12-16)17(6-2)7-3/h14H,5-13H2,1-4H3. The Morgan fingerprint density at radius 1 is 1.17 bits per heavy atom. The second-order valence-corrected chi connectivity index (χ2v) is 5.93. The highest BCUT2D eigenvalue weighted by Gasteiger charge is 2.44. The molecule has 0 saturated heterocycles. The SMILES string of the molecule is CCCC(C)CC(=O)C1(N(CC)CC)CCCC1. The Morgan fingerprint density at radius 3 is 2.17 bits per heavy atom. The van der Waals surface area contributed by atoms with Crippen molar-refractivity contribution in [2.24, 2.45) is 5.92 Å². The van der Waals surface area contributed by atoms with Crippen molar-refractivity contribution >= 4 is 5.78 Å². The highest BCUT2D eigenvalue weighted by atomic mass is 16.1. The lowest BCUT2D eigenvalue weighted by atomic mass is 9.84. The number of hydrogen-bond donors (Lipinski definition) is 0. The summed E-state index contributed by atoms with van der Waals surface area (Å²) in [7, 11) is 0. The molecule has 1 aliphatic carbocycles. The molecule has 0 spiro atoms. The predicted octanol–water partition coefficient (Wildman–Crippen LogP) is 4.04. The molecule has 18 heavy (non-hydrogen) atoms. The lowest BCUT2D eigenvalue weighted by Crippen LogP contribution is -2.53. The Bertz CT molecular complexity index is 252. The summed E-state index contributed by atoms with van der Waals surface area (Å²) < 4.78 is 0. The van der Waals surface area contributed by atoms with E-state index in [0.29, 0.717) is 11.7 Å². The summed E-state index contributed by atoms with van der Waals surface area (Å²) >= 11 is 0. The van der Waals surface area contributed by atoms with E-state index in [4.69, 9.17) is 0 Å². The molecule has 1 unspecified atom stereocenters. The van der Waals surface area contributed by atoms with E-state index in [-0.39, 0.29) is 5.54 Å². The van der Waals surface area contributed by atoms with E-state index in [1.54, 1.807) is 0 Å². The normalized spacial score (nSPS) is 20.3. The molecule has 0 heterocycles. The average molecular weight is 253 g/mol. The monoisotopic (exact) mass is 253 g/mol. The van der Waals surface area contributed by atoms with Crippen molar-refractivity contribution in [1.29, 1.82) is 0 Å². The van der Waals surface area contributed by atoms with Crippen molar-refractivity contribution in [2.75, 3.05) is 13.1 Å². The van der Waals surface area contributed by atoms with Crippen LogP contribution in [-0.4, -0.2) is 29.3 Å². The lowest BCUT2D eigenvalue weighted by molar-refractivity contribution is -0.132. The van der Waals surface area contributed by atoms with Gasteiger partial charge < -0.3 is 0 Å². The van der Waals surface area contributed by atoms with Crippen molar-refractivity contribution < 1.29 is 4.79 Å². The molecule has 1 saturated carbocycles. The summed E-state index contributed by atoms with van der Waals surface area (Å²) in [6.07, 6.45) is 7.78. The van der Waals surface area contributed by atoms with Crippen LogP contribution in [0, 0.1) is 5.92 Å². The van der Waals surface area contributed by atoms with Gasteiger partial charge in [-0.05, 0) is 31.8 Å².